The fourth-order valence-electron chi connectivity index (χ4n) is 1.63. The van der Waals surface area contributed by atoms with Gasteiger partial charge in [0.15, 0.2) is 0 Å². The number of hydrogen-bond donors (Lipinski definition) is 2. The molecule has 0 saturated heterocycles. The topological polar surface area (TPSA) is 64.3 Å². The van der Waals surface area contributed by atoms with Crippen LogP contribution < -0.4 is 15.8 Å². The van der Waals surface area contributed by atoms with E-state index in [4.69, 9.17) is 10.5 Å². The van der Waals surface area contributed by atoms with Gasteiger partial charge in [-0.2, -0.15) is 0 Å². The third-order valence-electron chi connectivity index (χ3n) is 2.80. The van der Waals surface area contributed by atoms with Crippen molar-refractivity contribution in [2.24, 2.45) is 5.73 Å². The maximum absolute atomic E-state index is 11.7. The molecular weight excluding hydrogens is 228 g/mol. The zero-order valence-corrected chi connectivity index (χ0v) is 11.3. The van der Waals surface area contributed by atoms with E-state index in [0.29, 0.717) is 13.0 Å². The van der Waals surface area contributed by atoms with Gasteiger partial charge in [0.2, 0.25) is 5.91 Å². The Morgan fingerprint density at radius 1 is 1.44 bits per heavy atom. The predicted octanol–water partition coefficient (Wildman–Crippen LogP) is 2.00. The van der Waals surface area contributed by atoms with Crippen LogP contribution >= 0.6 is 0 Å². The van der Waals surface area contributed by atoms with E-state index >= 15 is 0 Å². The monoisotopic (exact) mass is 250 g/mol. The van der Waals surface area contributed by atoms with Crippen molar-refractivity contribution in [3.63, 3.8) is 0 Å². The molecule has 4 heteroatoms. The van der Waals surface area contributed by atoms with Crippen LogP contribution in [-0.4, -0.2) is 18.6 Å². The summed E-state index contributed by atoms with van der Waals surface area (Å²) in [4.78, 5) is 11.7. The summed E-state index contributed by atoms with van der Waals surface area (Å²) in [6.07, 6.45) is 0.636. The Morgan fingerprint density at radius 3 is 2.78 bits per heavy atom. The van der Waals surface area contributed by atoms with Crippen LogP contribution in [-0.2, 0) is 4.79 Å². The first-order valence-electron chi connectivity index (χ1n) is 6.37. The second-order valence-electron chi connectivity index (χ2n) is 4.25. The normalized spacial score (nSPS) is 13.8. The molecule has 1 aromatic rings. The van der Waals surface area contributed by atoms with E-state index in [1.54, 1.807) is 0 Å². The average molecular weight is 250 g/mol. The number of rotatable bonds is 6. The van der Waals surface area contributed by atoms with E-state index in [2.05, 4.69) is 5.32 Å². The molecule has 1 aromatic carbocycles. The van der Waals surface area contributed by atoms with Crippen molar-refractivity contribution in [3.05, 3.63) is 29.8 Å². The third kappa shape index (κ3) is 4.04. The summed E-state index contributed by atoms with van der Waals surface area (Å²) >= 11 is 0. The van der Waals surface area contributed by atoms with Crippen LogP contribution in [0.5, 0.6) is 5.75 Å². The Morgan fingerprint density at radius 2 is 2.17 bits per heavy atom. The summed E-state index contributed by atoms with van der Waals surface area (Å²) < 4.78 is 5.43. The van der Waals surface area contributed by atoms with Gasteiger partial charge in [-0.25, -0.2) is 0 Å². The van der Waals surface area contributed by atoms with Crippen LogP contribution in [0.25, 0.3) is 0 Å². The van der Waals surface area contributed by atoms with Gasteiger partial charge < -0.3 is 15.8 Å². The van der Waals surface area contributed by atoms with Crippen molar-refractivity contribution in [1.82, 2.24) is 5.32 Å². The molecule has 3 N–H and O–H groups in total. The zero-order valence-electron chi connectivity index (χ0n) is 11.3. The SMILES string of the molecule is CCOc1cccc(C(C)NC(=O)C(N)CC)c1. The lowest BCUT2D eigenvalue weighted by Crippen LogP contribution is -2.41. The van der Waals surface area contributed by atoms with Crippen LogP contribution in [0.1, 0.15) is 38.8 Å². The van der Waals surface area contributed by atoms with Gasteiger partial charge in [-0.15, -0.1) is 0 Å². The molecule has 0 fully saturated rings. The number of nitrogens with one attached hydrogen (secondary N) is 1. The summed E-state index contributed by atoms with van der Waals surface area (Å²) in [6.45, 7) is 6.40. The summed E-state index contributed by atoms with van der Waals surface area (Å²) in [6, 6.07) is 7.21. The van der Waals surface area contributed by atoms with Crippen molar-refractivity contribution in [1.29, 1.82) is 0 Å². The standard InChI is InChI=1S/C14H22N2O2/c1-4-13(15)14(17)16-10(3)11-7-6-8-12(9-11)18-5-2/h6-10,13H,4-5,15H2,1-3H3,(H,16,17). The van der Waals surface area contributed by atoms with Gasteiger partial charge in [-0.3, -0.25) is 4.79 Å². The van der Waals surface area contributed by atoms with E-state index in [1.807, 2.05) is 45.0 Å². The van der Waals surface area contributed by atoms with Gasteiger partial charge >= 0.3 is 0 Å². The molecule has 0 radical (unpaired) electrons. The molecule has 0 saturated carbocycles. The molecule has 0 aliphatic carbocycles. The minimum atomic E-state index is -0.442. The maximum atomic E-state index is 11.7. The van der Waals surface area contributed by atoms with Crippen molar-refractivity contribution in [2.75, 3.05) is 6.61 Å². The highest BCUT2D eigenvalue weighted by molar-refractivity contribution is 5.81. The number of carbonyl (C=O) groups excluding carboxylic acids is 1. The summed E-state index contributed by atoms with van der Waals surface area (Å²) in [5, 5.41) is 2.90. The van der Waals surface area contributed by atoms with Crippen LogP contribution in [0.15, 0.2) is 24.3 Å². The quantitative estimate of drug-likeness (QED) is 0.811. The smallest absolute Gasteiger partial charge is 0.237 e. The predicted molar refractivity (Wildman–Crippen MR) is 72.4 cm³/mol. The maximum Gasteiger partial charge on any atom is 0.237 e. The second kappa shape index (κ2) is 7.01. The van der Waals surface area contributed by atoms with Crippen molar-refractivity contribution >= 4 is 5.91 Å². The Bertz CT molecular complexity index is 393. The molecule has 0 bridgehead atoms. The van der Waals surface area contributed by atoms with Crippen LogP contribution in [0, 0.1) is 0 Å². The van der Waals surface area contributed by atoms with Crippen LogP contribution in [0.2, 0.25) is 0 Å². The Balaban J connectivity index is 2.68. The fourth-order valence-corrected chi connectivity index (χ4v) is 1.63. The first kappa shape index (κ1) is 14.5. The fraction of sp³-hybridized carbons (Fsp3) is 0.500. The van der Waals surface area contributed by atoms with Gasteiger partial charge in [0.1, 0.15) is 5.75 Å². The minimum Gasteiger partial charge on any atom is -0.494 e. The van der Waals surface area contributed by atoms with Crippen molar-refractivity contribution in [2.45, 2.75) is 39.3 Å². The molecule has 2 atom stereocenters. The number of hydrogen-bond acceptors (Lipinski definition) is 3. The van der Waals surface area contributed by atoms with Gasteiger partial charge in [-0.05, 0) is 38.0 Å². The number of carbonyl (C=O) groups is 1. The van der Waals surface area contributed by atoms with Crippen molar-refractivity contribution < 1.29 is 9.53 Å². The van der Waals surface area contributed by atoms with Crippen molar-refractivity contribution in [3.8, 4) is 5.75 Å². The van der Waals surface area contributed by atoms with Gasteiger partial charge in [0, 0.05) is 0 Å². The summed E-state index contributed by atoms with van der Waals surface area (Å²) in [5.74, 6) is 0.697. The molecule has 0 aromatic heterocycles. The number of benzene rings is 1. The van der Waals surface area contributed by atoms with Gasteiger partial charge in [0.25, 0.3) is 0 Å². The molecular formula is C14H22N2O2. The van der Waals surface area contributed by atoms with Crippen LogP contribution in [0.3, 0.4) is 0 Å². The minimum absolute atomic E-state index is 0.0736. The number of nitrogens with two attached hydrogens (primary N) is 1. The largest absolute Gasteiger partial charge is 0.494 e. The molecule has 2 unspecified atom stereocenters. The van der Waals surface area contributed by atoms with E-state index in [0.717, 1.165) is 11.3 Å². The van der Waals surface area contributed by atoms with E-state index in [1.165, 1.54) is 0 Å². The first-order valence-corrected chi connectivity index (χ1v) is 6.37. The van der Waals surface area contributed by atoms with Gasteiger partial charge in [0.05, 0.1) is 18.7 Å². The average Bonchev–Trinajstić information content (AvgIpc) is 2.38. The summed E-state index contributed by atoms with van der Waals surface area (Å²) in [5.41, 5.74) is 6.70. The van der Waals surface area contributed by atoms with Crippen LogP contribution in [0.4, 0.5) is 0 Å². The molecule has 1 amide bonds. The molecule has 0 aliphatic rings. The lowest BCUT2D eigenvalue weighted by Gasteiger charge is -2.17. The zero-order chi connectivity index (χ0) is 13.5. The summed E-state index contributed by atoms with van der Waals surface area (Å²) in [7, 11) is 0. The van der Waals surface area contributed by atoms with E-state index in [9.17, 15) is 4.79 Å². The molecule has 4 nitrogen and oxygen atoms in total. The highest BCUT2D eigenvalue weighted by Crippen LogP contribution is 2.19. The van der Waals surface area contributed by atoms with E-state index < -0.39 is 6.04 Å². The first-order chi connectivity index (χ1) is 8.58. The number of ether oxygens (including phenoxy) is 1. The lowest BCUT2D eigenvalue weighted by atomic mass is 10.1. The highest BCUT2D eigenvalue weighted by Gasteiger charge is 2.15. The second-order valence-corrected chi connectivity index (χ2v) is 4.25. The highest BCUT2D eigenvalue weighted by atomic mass is 16.5. The lowest BCUT2D eigenvalue weighted by molar-refractivity contribution is -0.123. The van der Waals surface area contributed by atoms with E-state index in [-0.39, 0.29) is 11.9 Å². The number of amides is 1. The Labute approximate surface area is 109 Å². The Kier molecular flexibility index (Phi) is 5.65. The molecule has 18 heavy (non-hydrogen) atoms. The molecule has 0 spiro atoms. The third-order valence-corrected chi connectivity index (χ3v) is 2.80. The Hall–Kier alpha value is -1.55. The van der Waals surface area contributed by atoms with Gasteiger partial charge in [-0.1, -0.05) is 19.1 Å². The molecule has 100 valence electrons. The molecule has 1 rings (SSSR count). The molecule has 0 aliphatic heterocycles. The molecule has 0 heterocycles.